The molecule has 0 amide bonds. The van der Waals surface area contributed by atoms with Crippen LogP contribution in [0.15, 0.2) is 30.3 Å². The van der Waals surface area contributed by atoms with Gasteiger partial charge in [0.1, 0.15) is 0 Å². The van der Waals surface area contributed by atoms with Crippen molar-refractivity contribution in [3.05, 3.63) is 35.9 Å². The summed E-state index contributed by atoms with van der Waals surface area (Å²) in [4.78, 5) is 0. The molecule has 14 heavy (non-hydrogen) atoms. The van der Waals surface area contributed by atoms with Crippen molar-refractivity contribution in [3.8, 4) is 6.07 Å². The highest BCUT2D eigenvalue weighted by atomic mass is 16.5. The van der Waals surface area contributed by atoms with Crippen molar-refractivity contribution in [1.29, 1.82) is 5.26 Å². The Labute approximate surface area is 83.6 Å². The summed E-state index contributed by atoms with van der Waals surface area (Å²) in [6.07, 6.45) is -1.51. The molecule has 3 heteroatoms. The Morgan fingerprint density at radius 2 is 2.07 bits per heavy atom. The molecule has 0 spiro atoms. The third-order valence-corrected chi connectivity index (χ3v) is 1.84. The van der Waals surface area contributed by atoms with Crippen molar-refractivity contribution in [2.75, 3.05) is 0 Å². The summed E-state index contributed by atoms with van der Waals surface area (Å²) in [5.74, 6) is 0. The molecule has 0 radical (unpaired) electrons. The zero-order valence-electron chi connectivity index (χ0n) is 8.05. The SMILES string of the molecule is CC(O)C(C#N)OCc1ccccc1. The molecule has 2 atom stereocenters. The molecular weight excluding hydrogens is 178 g/mol. The number of hydrogen-bond donors (Lipinski definition) is 1. The van der Waals surface area contributed by atoms with Crippen molar-refractivity contribution in [2.45, 2.75) is 25.7 Å². The van der Waals surface area contributed by atoms with Crippen LogP contribution in [-0.2, 0) is 11.3 Å². The van der Waals surface area contributed by atoms with Gasteiger partial charge in [0.15, 0.2) is 6.10 Å². The molecule has 0 aliphatic heterocycles. The van der Waals surface area contributed by atoms with Crippen molar-refractivity contribution < 1.29 is 9.84 Å². The Kier molecular flexibility index (Phi) is 4.11. The van der Waals surface area contributed by atoms with Crippen LogP contribution in [0, 0.1) is 11.3 Å². The minimum atomic E-state index is -0.760. The van der Waals surface area contributed by atoms with E-state index in [-0.39, 0.29) is 0 Å². The molecule has 3 nitrogen and oxygen atoms in total. The quantitative estimate of drug-likeness (QED) is 0.784. The largest absolute Gasteiger partial charge is 0.390 e. The fourth-order valence-electron chi connectivity index (χ4n) is 1.04. The summed E-state index contributed by atoms with van der Waals surface area (Å²) in [5.41, 5.74) is 0.994. The van der Waals surface area contributed by atoms with Gasteiger partial charge < -0.3 is 9.84 Å². The van der Waals surface area contributed by atoms with E-state index in [0.717, 1.165) is 5.56 Å². The lowest BCUT2D eigenvalue weighted by atomic mass is 10.2. The highest BCUT2D eigenvalue weighted by Gasteiger charge is 2.13. The third kappa shape index (κ3) is 3.17. The van der Waals surface area contributed by atoms with E-state index in [0.29, 0.717) is 6.61 Å². The molecule has 0 aliphatic rings. The topological polar surface area (TPSA) is 53.2 Å². The molecule has 0 aliphatic carbocycles. The van der Waals surface area contributed by atoms with E-state index in [1.165, 1.54) is 0 Å². The first kappa shape index (κ1) is 10.7. The smallest absolute Gasteiger partial charge is 0.169 e. The lowest BCUT2D eigenvalue weighted by Gasteiger charge is -2.12. The zero-order chi connectivity index (χ0) is 10.4. The van der Waals surface area contributed by atoms with Gasteiger partial charge in [-0.1, -0.05) is 30.3 Å². The number of nitrogens with zero attached hydrogens (tertiary/aromatic N) is 1. The Morgan fingerprint density at radius 3 is 2.57 bits per heavy atom. The molecule has 1 aromatic rings. The Morgan fingerprint density at radius 1 is 1.43 bits per heavy atom. The second-order valence-corrected chi connectivity index (χ2v) is 3.09. The average molecular weight is 191 g/mol. The number of ether oxygens (including phenoxy) is 1. The minimum absolute atomic E-state index is 0.351. The van der Waals surface area contributed by atoms with Crippen LogP contribution in [0.25, 0.3) is 0 Å². The van der Waals surface area contributed by atoms with Crippen molar-refractivity contribution in [1.82, 2.24) is 0 Å². The molecule has 1 aromatic carbocycles. The van der Waals surface area contributed by atoms with Crippen LogP contribution >= 0.6 is 0 Å². The standard InChI is InChI=1S/C11H13NO2/c1-9(13)11(7-12)14-8-10-5-3-2-4-6-10/h2-6,9,11,13H,8H2,1H3. The second kappa shape index (κ2) is 5.38. The van der Waals surface area contributed by atoms with Gasteiger partial charge in [-0.2, -0.15) is 5.26 Å². The predicted molar refractivity (Wildman–Crippen MR) is 52.3 cm³/mol. The molecule has 0 heterocycles. The molecule has 74 valence electrons. The summed E-state index contributed by atoms with van der Waals surface area (Å²) in [6, 6.07) is 11.5. The second-order valence-electron chi connectivity index (χ2n) is 3.09. The first-order valence-electron chi connectivity index (χ1n) is 4.47. The van der Waals surface area contributed by atoms with Gasteiger partial charge in [-0.05, 0) is 12.5 Å². The number of aliphatic hydroxyl groups excluding tert-OH is 1. The van der Waals surface area contributed by atoms with Crippen LogP contribution in [0.5, 0.6) is 0 Å². The highest BCUT2D eigenvalue weighted by Crippen LogP contribution is 2.05. The van der Waals surface area contributed by atoms with Gasteiger partial charge in [0.2, 0.25) is 0 Å². The van der Waals surface area contributed by atoms with E-state index in [4.69, 9.17) is 15.1 Å². The first-order valence-corrected chi connectivity index (χ1v) is 4.47. The summed E-state index contributed by atoms with van der Waals surface area (Å²) >= 11 is 0. The van der Waals surface area contributed by atoms with Gasteiger partial charge in [-0.3, -0.25) is 0 Å². The summed E-state index contributed by atoms with van der Waals surface area (Å²) in [5, 5.41) is 17.8. The maximum Gasteiger partial charge on any atom is 0.169 e. The average Bonchev–Trinajstić information content (AvgIpc) is 2.20. The Bertz CT molecular complexity index is 303. The number of hydrogen-bond acceptors (Lipinski definition) is 3. The molecular formula is C11H13NO2. The van der Waals surface area contributed by atoms with E-state index < -0.39 is 12.2 Å². The van der Waals surface area contributed by atoms with Crippen LogP contribution < -0.4 is 0 Å². The molecule has 2 unspecified atom stereocenters. The van der Waals surface area contributed by atoms with E-state index in [1.807, 2.05) is 36.4 Å². The fourth-order valence-corrected chi connectivity index (χ4v) is 1.04. The molecule has 0 saturated heterocycles. The van der Waals surface area contributed by atoms with Crippen LogP contribution in [0.3, 0.4) is 0 Å². The zero-order valence-corrected chi connectivity index (χ0v) is 8.05. The van der Waals surface area contributed by atoms with E-state index >= 15 is 0 Å². The molecule has 0 fully saturated rings. The first-order chi connectivity index (χ1) is 6.74. The van der Waals surface area contributed by atoms with E-state index in [1.54, 1.807) is 6.92 Å². The molecule has 0 bridgehead atoms. The van der Waals surface area contributed by atoms with Crippen LogP contribution in [-0.4, -0.2) is 17.3 Å². The van der Waals surface area contributed by atoms with Gasteiger partial charge in [-0.25, -0.2) is 0 Å². The van der Waals surface area contributed by atoms with E-state index in [9.17, 15) is 0 Å². The summed E-state index contributed by atoms with van der Waals surface area (Å²) < 4.78 is 5.23. The lowest BCUT2D eigenvalue weighted by Crippen LogP contribution is -2.24. The predicted octanol–water partition coefficient (Wildman–Crippen LogP) is 1.48. The van der Waals surface area contributed by atoms with Crippen molar-refractivity contribution in [2.24, 2.45) is 0 Å². The van der Waals surface area contributed by atoms with Crippen molar-refractivity contribution in [3.63, 3.8) is 0 Å². The third-order valence-electron chi connectivity index (χ3n) is 1.84. The van der Waals surface area contributed by atoms with Gasteiger partial charge >= 0.3 is 0 Å². The van der Waals surface area contributed by atoms with Crippen LogP contribution in [0.2, 0.25) is 0 Å². The highest BCUT2D eigenvalue weighted by molar-refractivity contribution is 5.13. The maximum atomic E-state index is 9.14. The summed E-state index contributed by atoms with van der Waals surface area (Å²) in [6.45, 7) is 1.89. The molecule has 1 rings (SSSR count). The molecule has 1 N–H and O–H groups in total. The van der Waals surface area contributed by atoms with Gasteiger partial charge in [0, 0.05) is 0 Å². The van der Waals surface area contributed by atoms with E-state index in [2.05, 4.69) is 0 Å². The fraction of sp³-hybridized carbons (Fsp3) is 0.364. The number of rotatable bonds is 4. The van der Waals surface area contributed by atoms with Crippen LogP contribution in [0.4, 0.5) is 0 Å². The Hall–Kier alpha value is -1.37. The normalized spacial score (nSPS) is 14.4. The minimum Gasteiger partial charge on any atom is -0.390 e. The molecule has 0 aromatic heterocycles. The number of aliphatic hydroxyl groups is 1. The summed E-state index contributed by atoms with van der Waals surface area (Å²) in [7, 11) is 0. The van der Waals surface area contributed by atoms with Gasteiger partial charge in [-0.15, -0.1) is 0 Å². The number of benzene rings is 1. The van der Waals surface area contributed by atoms with Crippen LogP contribution in [0.1, 0.15) is 12.5 Å². The Balaban J connectivity index is 2.45. The monoisotopic (exact) mass is 191 g/mol. The molecule has 0 saturated carbocycles. The van der Waals surface area contributed by atoms with Gasteiger partial charge in [0.05, 0.1) is 18.8 Å². The van der Waals surface area contributed by atoms with Gasteiger partial charge in [0.25, 0.3) is 0 Å². The maximum absolute atomic E-state index is 9.14. The number of nitriles is 1. The van der Waals surface area contributed by atoms with Crippen molar-refractivity contribution >= 4 is 0 Å². The lowest BCUT2D eigenvalue weighted by molar-refractivity contribution is -0.00561.